The van der Waals surface area contributed by atoms with Gasteiger partial charge in [0.1, 0.15) is 11.2 Å². The lowest BCUT2D eigenvalue weighted by Gasteiger charge is -2.20. The highest BCUT2D eigenvalue weighted by Crippen LogP contribution is 2.27. The number of para-hydroxylation sites is 4. The smallest absolute Gasteiger partial charge is 0.351 e. The summed E-state index contributed by atoms with van der Waals surface area (Å²) in [6.07, 6.45) is 0. The highest BCUT2D eigenvalue weighted by atomic mass is 16.4. The number of hydrogen-bond acceptors (Lipinski definition) is 6. The molecule has 0 spiro atoms. The molecule has 52 heavy (non-hydrogen) atoms. The van der Waals surface area contributed by atoms with Crippen molar-refractivity contribution in [3.8, 4) is 22.8 Å². The first kappa shape index (κ1) is 34.3. The summed E-state index contributed by atoms with van der Waals surface area (Å²) in [4.78, 5) is 29.7. The van der Waals surface area contributed by atoms with Crippen molar-refractivity contribution in [1.29, 1.82) is 0 Å². The summed E-state index contributed by atoms with van der Waals surface area (Å²) in [5, 5.41) is 1.83. The second-order valence-corrected chi connectivity index (χ2v) is 13.3. The minimum absolute atomic E-state index is 0.319. The number of benzene rings is 4. The maximum absolute atomic E-state index is 12.8. The van der Waals surface area contributed by atoms with Gasteiger partial charge in [-0.15, -0.1) is 0 Å². The molecular formula is C42H44N6O4+2. The Kier molecular flexibility index (Phi) is 8.92. The van der Waals surface area contributed by atoms with E-state index >= 15 is 0 Å². The van der Waals surface area contributed by atoms with E-state index in [0.717, 1.165) is 69.0 Å². The Morgan fingerprint density at radius 1 is 0.596 bits per heavy atom. The number of nitrogens with zero attached hydrogens (tertiary/aromatic N) is 6. The third kappa shape index (κ3) is 5.79. The van der Waals surface area contributed by atoms with Gasteiger partial charge in [-0.25, -0.2) is 27.9 Å². The fourth-order valence-electron chi connectivity index (χ4n) is 7.27. The lowest BCUT2D eigenvalue weighted by atomic mass is 10.1. The normalized spacial score (nSPS) is 11.4. The molecule has 8 rings (SSSR count). The molecule has 264 valence electrons. The van der Waals surface area contributed by atoms with Crippen LogP contribution in [0.3, 0.4) is 0 Å². The number of imidazole rings is 2. The van der Waals surface area contributed by atoms with E-state index in [0.29, 0.717) is 22.3 Å². The minimum atomic E-state index is -0.329. The van der Waals surface area contributed by atoms with Gasteiger partial charge in [0.2, 0.25) is 0 Å². The van der Waals surface area contributed by atoms with Crippen LogP contribution in [0.4, 0.5) is 11.4 Å². The first-order valence-corrected chi connectivity index (χ1v) is 17.5. The van der Waals surface area contributed by atoms with Crippen molar-refractivity contribution in [2.24, 2.45) is 28.2 Å². The number of fused-ring (bicyclic) bond motifs is 4. The molecule has 0 radical (unpaired) electrons. The van der Waals surface area contributed by atoms with E-state index in [2.05, 4.69) is 36.9 Å². The number of aryl methyl sites for hydroxylation is 4. The maximum atomic E-state index is 12.8. The summed E-state index contributed by atoms with van der Waals surface area (Å²) in [7, 11) is 11.8. The monoisotopic (exact) mass is 696 g/mol. The van der Waals surface area contributed by atoms with Crippen LogP contribution >= 0.6 is 0 Å². The van der Waals surface area contributed by atoms with Gasteiger partial charge in [-0.1, -0.05) is 24.3 Å². The van der Waals surface area contributed by atoms with Crippen LogP contribution in [0.15, 0.2) is 115 Å². The largest absolute Gasteiger partial charge is 0.422 e. The highest BCUT2D eigenvalue weighted by Gasteiger charge is 2.26. The maximum Gasteiger partial charge on any atom is 0.351 e. The zero-order chi connectivity index (χ0) is 36.8. The molecule has 10 nitrogen and oxygen atoms in total. The Balaban J connectivity index is 0.000000162. The second-order valence-electron chi connectivity index (χ2n) is 13.3. The summed E-state index contributed by atoms with van der Waals surface area (Å²) >= 11 is 0. The molecule has 4 aromatic heterocycles. The molecule has 0 unspecified atom stereocenters. The van der Waals surface area contributed by atoms with E-state index in [4.69, 9.17) is 8.83 Å². The molecule has 4 aromatic carbocycles. The lowest BCUT2D eigenvalue weighted by molar-refractivity contribution is -0.634. The average molecular weight is 697 g/mol. The van der Waals surface area contributed by atoms with Gasteiger partial charge in [-0.3, -0.25) is 0 Å². The van der Waals surface area contributed by atoms with Crippen LogP contribution in [0.25, 0.3) is 66.8 Å². The van der Waals surface area contributed by atoms with Gasteiger partial charge >= 0.3 is 11.3 Å². The molecule has 0 amide bonds. The van der Waals surface area contributed by atoms with Crippen molar-refractivity contribution >= 4 is 55.4 Å². The number of hydrogen-bond donors (Lipinski definition) is 0. The Bertz CT molecular complexity index is 2670. The van der Waals surface area contributed by atoms with E-state index in [1.807, 2.05) is 144 Å². The Morgan fingerprint density at radius 2 is 1.02 bits per heavy atom. The molecule has 0 aliphatic carbocycles. The summed E-state index contributed by atoms with van der Waals surface area (Å²) in [6.45, 7) is 6.06. The second kappa shape index (κ2) is 13.5. The van der Waals surface area contributed by atoms with Crippen LogP contribution in [-0.4, -0.2) is 36.3 Å². The lowest BCUT2D eigenvalue weighted by Crippen LogP contribution is -2.31. The van der Waals surface area contributed by atoms with Gasteiger partial charge in [0.25, 0.3) is 11.6 Å². The minimum Gasteiger partial charge on any atom is -0.422 e. The molecule has 0 saturated heterocycles. The van der Waals surface area contributed by atoms with Gasteiger partial charge in [0.15, 0.2) is 33.2 Å². The van der Waals surface area contributed by atoms with Crippen molar-refractivity contribution in [1.82, 2.24) is 9.13 Å². The SMILES string of the molecule is CCN(CC)c1ccc2cc(-c3n(C)c4ccccc4[n+]3C)c(=O)oc2c1.CN(C)c1ccc2cc(-c3n(C)c4ccccc4[n+]3C)c(=O)oc2c1. The first-order valence-electron chi connectivity index (χ1n) is 17.5. The topological polar surface area (TPSA) is 84.5 Å². The Morgan fingerprint density at radius 3 is 1.44 bits per heavy atom. The van der Waals surface area contributed by atoms with Crippen LogP contribution < -0.4 is 30.2 Å². The molecule has 8 aromatic rings. The molecule has 0 fully saturated rings. The molecule has 0 bridgehead atoms. The molecule has 10 heteroatoms. The number of aromatic nitrogens is 4. The molecule has 0 aliphatic heterocycles. The van der Waals surface area contributed by atoms with Crippen molar-refractivity contribution in [2.75, 3.05) is 37.0 Å². The fourth-order valence-corrected chi connectivity index (χ4v) is 7.27. The molecule has 0 N–H and O–H groups in total. The van der Waals surface area contributed by atoms with Crippen molar-refractivity contribution < 1.29 is 18.0 Å². The van der Waals surface area contributed by atoms with Crippen molar-refractivity contribution in [3.05, 3.63) is 118 Å². The average Bonchev–Trinajstić information content (AvgIpc) is 3.55. The van der Waals surface area contributed by atoms with Gasteiger partial charge in [0.05, 0.1) is 28.2 Å². The number of rotatable bonds is 6. The predicted octanol–water partition coefficient (Wildman–Crippen LogP) is 6.46. The molecule has 0 saturated carbocycles. The Hall–Kier alpha value is -6.16. The van der Waals surface area contributed by atoms with Crippen LogP contribution in [0.1, 0.15) is 13.8 Å². The molecular weight excluding hydrogens is 653 g/mol. The van der Waals surface area contributed by atoms with Crippen LogP contribution in [-0.2, 0) is 28.2 Å². The third-order valence-corrected chi connectivity index (χ3v) is 10.0. The van der Waals surface area contributed by atoms with E-state index < -0.39 is 0 Å². The Labute approximate surface area is 301 Å². The molecule has 0 atom stereocenters. The van der Waals surface area contributed by atoms with Gasteiger partial charge in [-0.2, -0.15) is 0 Å². The third-order valence-electron chi connectivity index (χ3n) is 10.0. The summed E-state index contributed by atoms with van der Waals surface area (Å²) in [5.74, 6) is 1.66. The van der Waals surface area contributed by atoms with Gasteiger partial charge < -0.3 is 18.6 Å². The fraction of sp³-hybridized carbons (Fsp3) is 0.238. The standard InChI is InChI=1S/C22H24N3O2.C20H20N3O2/c1-5-25(6-2)16-12-11-15-13-17(22(26)27-20(15)14-16)21-23(3)18-9-7-8-10-19(18)24(21)4;1-21(2)14-10-9-13-11-15(20(24)25-18(13)12-14)19-22(3)16-7-5-6-8-17(16)23(19)4/h7-14H,5-6H2,1-4H3;5-12H,1-4H3/q2*+1. The first-order chi connectivity index (χ1) is 25.0. The van der Waals surface area contributed by atoms with E-state index in [9.17, 15) is 9.59 Å². The van der Waals surface area contributed by atoms with Gasteiger partial charge in [0, 0.05) is 61.5 Å². The predicted molar refractivity (Wildman–Crippen MR) is 209 cm³/mol. The zero-order valence-electron chi connectivity index (χ0n) is 31.0. The summed E-state index contributed by atoms with van der Waals surface area (Å²) in [6, 6.07) is 32.0. The van der Waals surface area contributed by atoms with E-state index in [1.165, 1.54) is 0 Å². The van der Waals surface area contributed by atoms with Gasteiger partial charge in [-0.05, 0) is 74.5 Å². The van der Waals surface area contributed by atoms with E-state index in [1.54, 1.807) is 0 Å². The van der Waals surface area contributed by atoms with E-state index in [-0.39, 0.29) is 11.3 Å². The van der Waals surface area contributed by atoms with Crippen molar-refractivity contribution in [3.63, 3.8) is 0 Å². The van der Waals surface area contributed by atoms with Crippen LogP contribution in [0, 0.1) is 0 Å². The summed E-state index contributed by atoms with van der Waals surface area (Å²) in [5.41, 5.74) is 8.06. The van der Waals surface area contributed by atoms with Crippen LogP contribution in [0.5, 0.6) is 0 Å². The van der Waals surface area contributed by atoms with Crippen molar-refractivity contribution in [2.45, 2.75) is 13.8 Å². The molecule has 0 aliphatic rings. The zero-order valence-corrected chi connectivity index (χ0v) is 31.0. The number of anilines is 2. The summed E-state index contributed by atoms with van der Waals surface area (Å²) < 4.78 is 19.5. The highest BCUT2D eigenvalue weighted by molar-refractivity contribution is 5.86. The molecule has 4 heterocycles. The quantitative estimate of drug-likeness (QED) is 0.147. The van der Waals surface area contributed by atoms with Crippen LogP contribution in [0.2, 0.25) is 0 Å².